The third-order valence-corrected chi connectivity index (χ3v) is 2.87. The van der Waals surface area contributed by atoms with Crippen LogP contribution in [0.2, 0.25) is 0 Å². The van der Waals surface area contributed by atoms with Crippen molar-refractivity contribution in [3.63, 3.8) is 0 Å². The summed E-state index contributed by atoms with van der Waals surface area (Å²) in [5.74, 6) is 0.408. The minimum absolute atomic E-state index is 0.408. The molecule has 0 bridgehead atoms. The van der Waals surface area contributed by atoms with Crippen LogP contribution in [0.15, 0.2) is 30.3 Å². The predicted molar refractivity (Wildman–Crippen MR) is 59.0 cm³/mol. The SMILES string of the molecule is [CH]C1CCN(CCc2ccccc2)C1. The summed E-state index contributed by atoms with van der Waals surface area (Å²) in [7, 11) is 0. The molecule has 1 aromatic carbocycles. The highest BCUT2D eigenvalue weighted by molar-refractivity contribution is 5.14. The zero-order chi connectivity index (χ0) is 9.80. The molecule has 2 rings (SSSR count). The Balaban J connectivity index is 1.78. The average Bonchev–Trinajstić information content (AvgIpc) is 2.63. The van der Waals surface area contributed by atoms with E-state index in [1.54, 1.807) is 0 Å². The minimum Gasteiger partial charge on any atom is -0.303 e. The number of rotatable bonds is 3. The van der Waals surface area contributed by atoms with Gasteiger partial charge in [0.05, 0.1) is 0 Å². The van der Waals surface area contributed by atoms with Crippen LogP contribution < -0.4 is 0 Å². The maximum Gasteiger partial charge on any atom is 0.00219 e. The van der Waals surface area contributed by atoms with Crippen molar-refractivity contribution in [3.05, 3.63) is 42.8 Å². The highest BCUT2D eigenvalue weighted by Gasteiger charge is 2.17. The van der Waals surface area contributed by atoms with E-state index >= 15 is 0 Å². The molecule has 74 valence electrons. The van der Waals surface area contributed by atoms with Crippen molar-refractivity contribution < 1.29 is 0 Å². The molecule has 1 heteroatoms. The fourth-order valence-electron chi connectivity index (χ4n) is 2.00. The first-order valence-electron chi connectivity index (χ1n) is 5.36. The van der Waals surface area contributed by atoms with Crippen molar-refractivity contribution in [2.24, 2.45) is 5.92 Å². The van der Waals surface area contributed by atoms with Gasteiger partial charge >= 0.3 is 0 Å². The summed E-state index contributed by atoms with van der Waals surface area (Å²) >= 11 is 0. The molecule has 1 nitrogen and oxygen atoms in total. The number of likely N-dealkylation sites (tertiary alicyclic amines) is 1. The van der Waals surface area contributed by atoms with Gasteiger partial charge in [0.25, 0.3) is 0 Å². The van der Waals surface area contributed by atoms with Crippen molar-refractivity contribution >= 4 is 0 Å². The summed E-state index contributed by atoms with van der Waals surface area (Å²) in [6.45, 7) is 9.25. The minimum atomic E-state index is 0.408. The number of benzene rings is 1. The van der Waals surface area contributed by atoms with Crippen molar-refractivity contribution in [3.8, 4) is 0 Å². The first kappa shape index (κ1) is 9.72. The van der Waals surface area contributed by atoms with E-state index in [0.29, 0.717) is 5.92 Å². The van der Waals surface area contributed by atoms with Gasteiger partial charge < -0.3 is 4.90 Å². The van der Waals surface area contributed by atoms with Crippen LogP contribution >= 0.6 is 0 Å². The molecule has 1 heterocycles. The molecule has 0 amide bonds. The summed E-state index contributed by atoms with van der Waals surface area (Å²) in [6.07, 6.45) is 2.31. The van der Waals surface area contributed by atoms with Crippen molar-refractivity contribution in [1.82, 2.24) is 4.90 Å². The van der Waals surface area contributed by atoms with Gasteiger partial charge in [0.15, 0.2) is 0 Å². The Morgan fingerprint density at radius 1 is 1.29 bits per heavy atom. The molecular weight excluding hydrogens is 170 g/mol. The number of hydrogen-bond donors (Lipinski definition) is 0. The quantitative estimate of drug-likeness (QED) is 0.701. The van der Waals surface area contributed by atoms with Gasteiger partial charge in [-0.15, -0.1) is 0 Å². The van der Waals surface area contributed by atoms with Gasteiger partial charge in [-0.25, -0.2) is 0 Å². The molecule has 1 fully saturated rings. The Kier molecular flexibility index (Phi) is 3.20. The zero-order valence-electron chi connectivity index (χ0n) is 8.52. The van der Waals surface area contributed by atoms with Crippen LogP contribution in [0.1, 0.15) is 12.0 Å². The lowest BCUT2D eigenvalue weighted by molar-refractivity contribution is 0.336. The highest BCUT2D eigenvalue weighted by atomic mass is 15.1. The molecular formula is C13H17N. The Bertz CT molecular complexity index is 268. The second-order valence-electron chi connectivity index (χ2n) is 4.08. The van der Waals surface area contributed by atoms with Gasteiger partial charge in [-0.1, -0.05) is 30.3 Å². The van der Waals surface area contributed by atoms with E-state index in [0.717, 1.165) is 25.9 Å². The van der Waals surface area contributed by atoms with E-state index in [-0.39, 0.29) is 0 Å². The normalized spacial score (nSPS) is 22.8. The topological polar surface area (TPSA) is 3.24 Å². The summed E-state index contributed by atoms with van der Waals surface area (Å²) < 4.78 is 0. The molecule has 0 N–H and O–H groups in total. The lowest BCUT2D eigenvalue weighted by Crippen LogP contribution is -2.22. The van der Waals surface area contributed by atoms with Gasteiger partial charge in [-0.2, -0.15) is 0 Å². The molecule has 14 heavy (non-hydrogen) atoms. The van der Waals surface area contributed by atoms with E-state index in [4.69, 9.17) is 6.92 Å². The number of nitrogens with zero attached hydrogens (tertiary/aromatic N) is 1. The zero-order valence-corrected chi connectivity index (χ0v) is 8.52. The Morgan fingerprint density at radius 3 is 2.71 bits per heavy atom. The fraction of sp³-hybridized carbons (Fsp3) is 0.462. The smallest absolute Gasteiger partial charge is 0.00219 e. The number of hydrogen-bond acceptors (Lipinski definition) is 1. The predicted octanol–water partition coefficient (Wildman–Crippen LogP) is 2.26. The maximum atomic E-state index is 5.85. The van der Waals surface area contributed by atoms with Gasteiger partial charge in [0.2, 0.25) is 0 Å². The summed E-state index contributed by atoms with van der Waals surface area (Å²) in [5, 5.41) is 0. The van der Waals surface area contributed by atoms with E-state index in [1.165, 1.54) is 12.1 Å². The summed E-state index contributed by atoms with van der Waals surface area (Å²) in [4.78, 5) is 2.46. The van der Waals surface area contributed by atoms with Gasteiger partial charge in [0.1, 0.15) is 0 Å². The monoisotopic (exact) mass is 187 g/mol. The third-order valence-electron chi connectivity index (χ3n) is 2.87. The first-order valence-corrected chi connectivity index (χ1v) is 5.36. The molecule has 1 aliphatic heterocycles. The molecule has 1 unspecified atom stereocenters. The lowest BCUT2D eigenvalue weighted by Gasteiger charge is -2.14. The highest BCUT2D eigenvalue weighted by Crippen LogP contribution is 2.14. The molecule has 0 saturated carbocycles. The van der Waals surface area contributed by atoms with Crippen molar-refractivity contribution in [2.75, 3.05) is 19.6 Å². The van der Waals surface area contributed by atoms with E-state index in [2.05, 4.69) is 35.2 Å². The molecule has 0 aliphatic carbocycles. The van der Waals surface area contributed by atoms with Crippen LogP contribution in [-0.2, 0) is 6.42 Å². The van der Waals surface area contributed by atoms with Crippen LogP contribution in [0.4, 0.5) is 0 Å². The molecule has 2 radical (unpaired) electrons. The van der Waals surface area contributed by atoms with Crippen LogP contribution in [0.3, 0.4) is 0 Å². The fourth-order valence-corrected chi connectivity index (χ4v) is 2.00. The molecule has 1 saturated heterocycles. The summed E-state index contributed by atoms with van der Waals surface area (Å²) in [5.41, 5.74) is 1.42. The third kappa shape index (κ3) is 2.58. The second-order valence-corrected chi connectivity index (χ2v) is 4.08. The summed E-state index contributed by atoms with van der Waals surface area (Å²) in [6, 6.07) is 10.7. The van der Waals surface area contributed by atoms with Crippen LogP contribution in [0.25, 0.3) is 0 Å². The molecule has 0 spiro atoms. The van der Waals surface area contributed by atoms with Crippen molar-refractivity contribution in [2.45, 2.75) is 12.8 Å². The standard InChI is InChI=1S/C13H17N/c1-12-7-9-14(11-12)10-8-13-5-3-2-4-6-13/h1-6,12H,7-11H2. The Morgan fingerprint density at radius 2 is 2.07 bits per heavy atom. The molecule has 1 aliphatic rings. The molecule has 1 aromatic rings. The van der Waals surface area contributed by atoms with Gasteiger partial charge in [0, 0.05) is 13.1 Å². The average molecular weight is 187 g/mol. The van der Waals surface area contributed by atoms with E-state index in [9.17, 15) is 0 Å². The Hall–Kier alpha value is -0.820. The Labute approximate surface area is 86.7 Å². The van der Waals surface area contributed by atoms with Crippen LogP contribution in [-0.4, -0.2) is 24.5 Å². The van der Waals surface area contributed by atoms with E-state index < -0.39 is 0 Å². The maximum absolute atomic E-state index is 5.85. The molecule has 1 atom stereocenters. The van der Waals surface area contributed by atoms with Gasteiger partial charge in [-0.05, 0) is 37.8 Å². The second kappa shape index (κ2) is 4.61. The van der Waals surface area contributed by atoms with Crippen LogP contribution in [0.5, 0.6) is 0 Å². The lowest BCUT2D eigenvalue weighted by atomic mass is 10.1. The largest absolute Gasteiger partial charge is 0.303 e. The first-order chi connectivity index (χ1) is 6.84. The van der Waals surface area contributed by atoms with E-state index in [1.807, 2.05) is 0 Å². The van der Waals surface area contributed by atoms with Crippen LogP contribution in [0, 0.1) is 12.8 Å². The van der Waals surface area contributed by atoms with Crippen molar-refractivity contribution in [1.29, 1.82) is 0 Å². The molecule has 0 aromatic heterocycles. The van der Waals surface area contributed by atoms with Gasteiger partial charge in [-0.3, -0.25) is 0 Å².